The first kappa shape index (κ1) is 44.8. The first-order valence-corrected chi connectivity index (χ1v) is 19.9. The number of unbranched alkanes of at least 4 members (excludes halogenated alkanes) is 17. The van der Waals surface area contributed by atoms with Gasteiger partial charge in [0, 0.05) is 12.8 Å². The van der Waals surface area contributed by atoms with E-state index >= 15 is 0 Å². The van der Waals surface area contributed by atoms with Gasteiger partial charge in [-0.1, -0.05) is 116 Å². The van der Waals surface area contributed by atoms with E-state index < -0.39 is 26.5 Å². The summed E-state index contributed by atoms with van der Waals surface area (Å²) in [7, 11) is 1.47. The summed E-state index contributed by atoms with van der Waals surface area (Å²) in [5.74, 6) is -0.810. The van der Waals surface area contributed by atoms with E-state index in [-0.39, 0.29) is 25.6 Å². The van der Waals surface area contributed by atoms with Gasteiger partial charge in [-0.15, -0.1) is 0 Å². The van der Waals surface area contributed by atoms with Crippen LogP contribution in [0.4, 0.5) is 0 Å². The number of ether oxygens (including phenoxy) is 2. The third-order valence-corrected chi connectivity index (χ3v) is 8.78. The molecule has 0 aliphatic heterocycles. The van der Waals surface area contributed by atoms with Crippen LogP contribution in [0.2, 0.25) is 0 Å². The van der Waals surface area contributed by atoms with E-state index in [0.717, 1.165) is 51.4 Å². The quantitative estimate of drug-likeness (QED) is 0.0241. The number of phosphoric acid groups is 1. The Balaban J connectivity index is 4.47. The molecule has 0 saturated heterocycles. The number of allylic oxidation sites excluding steroid dienone is 2. The maximum absolute atomic E-state index is 12.6. The van der Waals surface area contributed by atoms with Crippen molar-refractivity contribution in [3.05, 3.63) is 12.2 Å². The summed E-state index contributed by atoms with van der Waals surface area (Å²) >= 11 is 0. The largest absolute Gasteiger partial charge is 0.472 e. The predicted molar refractivity (Wildman–Crippen MR) is 188 cm³/mol. The average molecular weight is 677 g/mol. The van der Waals surface area contributed by atoms with Gasteiger partial charge in [-0.2, -0.15) is 0 Å². The molecule has 0 aromatic heterocycles. The molecule has 0 rings (SSSR count). The lowest BCUT2D eigenvalue weighted by Crippen LogP contribution is -2.37. The molecule has 0 fully saturated rings. The SMILES string of the molecule is CCCCCC/C=C/CCCCCCCC(=O)O[C@H](COC(=O)CCCCCCCCCCC)COP(=O)(O)OCC[N+](C)(C)C. The van der Waals surface area contributed by atoms with Crippen LogP contribution in [0.15, 0.2) is 12.2 Å². The van der Waals surface area contributed by atoms with Crippen molar-refractivity contribution in [2.75, 3.05) is 47.5 Å². The highest BCUT2D eigenvalue weighted by Gasteiger charge is 2.27. The Morgan fingerprint density at radius 3 is 1.63 bits per heavy atom. The Morgan fingerprint density at radius 2 is 1.11 bits per heavy atom. The molecule has 0 bridgehead atoms. The molecular formula is C36H71NO8P+. The lowest BCUT2D eigenvalue weighted by Gasteiger charge is -2.24. The third-order valence-electron chi connectivity index (χ3n) is 7.80. The molecule has 0 spiro atoms. The van der Waals surface area contributed by atoms with Crippen LogP contribution in [0.25, 0.3) is 0 Å². The van der Waals surface area contributed by atoms with Crippen molar-refractivity contribution in [2.24, 2.45) is 0 Å². The zero-order valence-electron chi connectivity index (χ0n) is 30.3. The molecule has 272 valence electrons. The minimum Gasteiger partial charge on any atom is -0.462 e. The molecule has 1 unspecified atom stereocenters. The first-order chi connectivity index (χ1) is 22.0. The van der Waals surface area contributed by atoms with Crippen molar-refractivity contribution in [3.63, 3.8) is 0 Å². The standard InChI is InChI=1S/C36H70NO8P/c1-6-8-10-12-14-16-17-18-19-21-23-25-27-29-36(39)45-34(33-44-46(40,41)43-31-30-37(3,4)5)32-42-35(38)28-26-24-22-20-15-13-11-9-7-2/h16-17,34H,6-15,18-33H2,1-5H3/p+1/b17-16+/t34-/m1/s1. The molecule has 0 saturated carbocycles. The predicted octanol–water partition coefficient (Wildman–Crippen LogP) is 9.46. The Labute approximate surface area is 282 Å². The molecule has 2 atom stereocenters. The van der Waals surface area contributed by atoms with Crippen LogP contribution in [-0.2, 0) is 32.7 Å². The van der Waals surface area contributed by atoms with E-state index in [1.165, 1.54) is 70.6 Å². The summed E-state index contributed by atoms with van der Waals surface area (Å²) in [6, 6.07) is 0. The van der Waals surface area contributed by atoms with E-state index in [1.807, 2.05) is 21.1 Å². The van der Waals surface area contributed by atoms with Gasteiger partial charge in [0.05, 0.1) is 27.7 Å². The number of hydrogen-bond acceptors (Lipinski definition) is 7. The van der Waals surface area contributed by atoms with Gasteiger partial charge in [0.1, 0.15) is 19.8 Å². The van der Waals surface area contributed by atoms with Gasteiger partial charge in [0.15, 0.2) is 6.10 Å². The van der Waals surface area contributed by atoms with Gasteiger partial charge in [-0.05, 0) is 38.5 Å². The Kier molecular flexibility index (Phi) is 29.0. The van der Waals surface area contributed by atoms with Crippen molar-refractivity contribution in [2.45, 2.75) is 161 Å². The van der Waals surface area contributed by atoms with Gasteiger partial charge in [-0.25, -0.2) is 4.57 Å². The second-order valence-electron chi connectivity index (χ2n) is 13.6. The Hall–Kier alpha value is -1.25. The third kappa shape index (κ3) is 32.7. The van der Waals surface area contributed by atoms with Crippen molar-refractivity contribution >= 4 is 19.8 Å². The highest BCUT2D eigenvalue weighted by molar-refractivity contribution is 7.47. The summed E-state index contributed by atoms with van der Waals surface area (Å²) in [5, 5.41) is 0. The lowest BCUT2D eigenvalue weighted by molar-refractivity contribution is -0.870. The van der Waals surface area contributed by atoms with Gasteiger partial charge in [0.25, 0.3) is 0 Å². The number of nitrogens with zero attached hydrogens (tertiary/aromatic N) is 1. The van der Waals surface area contributed by atoms with E-state index in [9.17, 15) is 19.0 Å². The zero-order valence-corrected chi connectivity index (χ0v) is 31.2. The van der Waals surface area contributed by atoms with Crippen molar-refractivity contribution in [3.8, 4) is 0 Å². The number of likely N-dealkylation sites (N-methyl/N-ethyl adjacent to an activating group) is 1. The van der Waals surface area contributed by atoms with Crippen LogP contribution >= 0.6 is 7.82 Å². The number of phosphoric ester groups is 1. The Morgan fingerprint density at radius 1 is 0.652 bits per heavy atom. The fraction of sp³-hybridized carbons (Fsp3) is 0.889. The van der Waals surface area contributed by atoms with Crippen LogP contribution < -0.4 is 0 Å². The molecule has 0 radical (unpaired) electrons. The van der Waals surface area contributed by atoms with E-state index in [0.29, 0.717) is 23.9 Å². The summed E-state index contributed by atoms with van der Waals surface area (Å²) in [4.78, 5) is 35.0. The number of hydrogen-bond donors (Lipinski definition) is 1. The monoisotopic (exact) mass is 676 g/mol. The second-order valence-corrected chi connectivity index (χ2v) is 15.1. The lowest BCUT2D eigenvalue weighted by atomic mass is 10.1. The number of quaternary nitrogens is 1. The van der Waals surface area contributed by atoms with E-state index in [4.69, 9.17) is 18.5 Å². The van der Waals surface area contributed by atoms with Gasteiger partial charge in [-0.3, -0.25) is 18.6 Å². The van der Waals surface area contributed by atoms with Crippen molar-refractivity contribution < 1.29 is 42.1 Å². The van der Waals surface area contributed by atoms with Crippen molar-refractivity contribution in [1.82, 2.24) is 0 Å². The fourth-order valence-electron chi connectivity index (χ4n) is 4.83. The molecule has 0 heterocycles. The summed E-state index contributed by atoms with van der Waals surface area (Å²) in [6.45, 7) is 4.36. The molecule has 46 heavy (non-hydrogen) atoms. The average Bonchev–Trinajstić information content (AvgIpc) is 2.99. The summed E-state index contributed by atoms with van der Waals surface area (Å²) in [6.07, 6.45) is 26.9. The molecule has 0 aliphatic carbocycles. The highest BCUT2D eigenvalue weighted by atomic mass is 31.2. The molecule has 0 aliphatic rings. The fourth-order valence-corrected chi connectivity index (χ4v) is 5.57. The van der Waals surface area contributed by atoms with Gasteiger partial charge >= 0.3 is 19.8 Å². The number of carbonyl (C=O) groups is 2. The normalized spacial score (nSPS) is 14.0. The summed E-state index contributed by atoms with van der Waals surface area (Å²) in [5.41, 5.74) is 0. The molecule has 0 aromatic carbocycles. The van der Waals surface area contributed by atoms with Crippen molar-refractivity contribution in [1.29, 1.82) is 0 Å². The minimum atomic E-state index is -4.36. The molecule has 1 N–H and O–H groups in total. The molecule has 0 aromatic rings. The van der Waals surface area contributed by atoms with Crippen LogP contribution in [0.1, 0.15) is 155 Å². The molecule has 0 amide bonds. The minimum absolute atomic E-state index is 0.0325. The van der Waals surface area contributed by atoms with Gasteiger partial charge in [0.2, 0.25) is 0 Å². The molecular weight excluding hydrogens is 605 g/mol. The van der Waals surface area contributed by atoms with E-state index in [1.54, 1.807) is 0 Å². The van der Waals surface area contributed by atoms with Gasteiger partial charge < -0.3 is 18.9 Å². The maximum atomic E-state index is 12.6. The van der Waals surface area contributed by atoms with Crippen LogP contribution in [0.3, 0.4) is 0 Å². The first-order valence-electron chi connectivity index (χ1n) is 18.4. The van der Waals surface area contributed by atoms with E-state index in [2.05, 4.69) is 26.0 Å². The smallest absolute Gasteiger partial charge is 0.462 e. The second kappa shape index (κ2) is 29.9. The number of carbonyl (C=O) groups excluding carboxylic acids is 2. The number of rotatable bonds is 33. The Bertz CT molecular complexity index is 814. The highest BCUT2D eigenvalue weighted by Crippen LogP contribution is 2.43. The molecule has 10 heteroatoms. The maximum Gasteiger partial charge on any atom is 0.472 e. The van der Waals surface area contributed by atoms with Crippen LogP contribution in [0.5, 0.6) is 0 Å². The zero-order chi connectivity index (χ0) is 34.4. The molecule has 9 nitrogen and oxygen atoms in total. The van der Waals surface area contributed by atoms with Crippen LogP contribution in [-0.4, -0.2) is 74.9 Å². The number of esters is 2. The van der Waals surface area contributed by atoms with Crippen LogP contribution in [0, 0.1) is 0 Å². The summed E-state index contributed by atoms with van der Waals surface area (Å²) < 4.78 is 34.0. The topological polar surface area (TPSA) is 108 Å².